The number of carbonyl (C=O) groups is 2. The first-order chi connectivity index (χ1) is 11.8. The Kier molecular flexibility index (Phi) is 7.16. The molecule has 1 fully saturated rings. The van der Waals surface area contributed by atoms with Gasteiger partial charge in [0.2, 0.25) is 0 Å². The molecule has 2 rings (SSSR count). The number of hydrogen-bond acceptors (Lipinski definition) is 5. The molecule has 0 bridgehead atoms. The lowest BCUT2D eigenvalue weighted by Gasteiger charge is -2.19. The molecule has 0 saturated heterocycles. The van der Waals surface area contributed by atoms with Crippen LogP contribution in [0.4, 0.5) is 5.69 Å². The summed E-state index contributed by atoms with van der Waals surface area (Å²) in [4.78, 5) is 28.3. The lowest BCUT2D eigenvalue weighted by molar-refractivity contribution is -0.129. The molecule has 1 amide bonds. The van der Waals surface area contributed by atoms with Gasteiger partial charge in [0.25, 0.3) is 5.91 Å². The monoisotopic (exact) mass is 407 g/mol. The zero-order chi connectivity index (χ0) is 18.6. The molecule has 1 aromatic rings. The number of nitrogen functional groups attached to an aromatic ring is 1. The Bertz CT molecular complexity index is 662. The van der Waals surface area contributed by atoms with Gasteiger partial charge in [-0.05, 0) is 19.8 Å². The van der Waals surface area contributed by atoms with Crippen LogP contribution in [-0.2, 0) is 9.53 Å². The normalized spacial score (nSPS) is 16.8. The van der Waals surface area contributed by atoms with E-state index in [-0.39, 0.29) is 38.5 Å². The van der Waals surface area contributed by atoms with Crippen molar-refractivity contribution in [2.75, 3.05) is 5.73 Å². The summed E-state index contributed by atoms with van der Waals surface area (Å²) in [7, 11) is 0. The quantitative estimate of drug-likeness (QED) is 0.446. The molecule has 3 N–H and O–H groups in total. The number of pyridine rings is 1. The number of anilines is 1. The Labute approximate surface area is 161 Å². The van der Waals surface area contributed by atoms with Gasteiger partial charge < -0.3 is 15.8 Å². The molecule has 1 aliphatic rings. The average molecular weight is 409 g/mol. The molecule has 9 heteroatoms. The average Bonchev–Trinajstić information content (AvgIpc) is 2.84. The number of ether oxygens (including phenoxy) is 1. The first-order valence-electron chi connectivity index (χ1n) is 8.12. The van der Waals surface area contributed by atoms with E-state index in [0.717, 1.165) is 25.7 Å². The second-order valence-electron chi connectivity index (χ2n) is 6.04. The van der Waals surface area contributed by atoms with E-state index in [0.29, 0.717) is 0 Å². The van der Waals surface area contributed by atoms with Crippen LogP contribution in [0.3, 0.4) is 0 Å². The number of halogens is 3. The summed E-state index contributed by atoms with van der Waals surface area (Å²) >= 11 is 17.6. The molecular formula is C16H20Cl3N3O3. The standard InChI is InChI=1S/C16H20Cl3N3O3/c1-8(15(23)21-9-6-4-2-3-5-7-9)25-16(24)13-10(17)12(20)11(18)14(19)22-13/h8-9H,2-7H2,1H3,(H2,20,22)(H,21,23). The van der Waals surface area contributed by atoms with E-state index in [9.17, 15) is 9.59 Å². The number of nitrogens with zero attached hydrogens (tertiary/aromatic N) is 1. The van der Waals surface area contributed by atoms with Gasteiger partial charge in [-0.15, -0.1) is 0 Å². The van der Waals surface area contributed by atoms with E-state index >= 15 is 0 Å². The fraction of sp³-hybridized carbons (Fsp3) is 0.562. The molecule has 0 aliphatic heterocycles. The van der Waals surface area contributed by atoms with Crippen LogP contribution >= 0.6 is 34.8 Å². The third-order valence-electron chi connectivity index (χ3n) is 4.12. The summed E-state index contributed by atoms with van der Waals surface area (Å²) in [6, 6.07) is 0.110. The van der Waals surface area contributed by atoms with E-state index in [1.165, 1.54) is 19.8 Å². The zero-order valence-corrected chi connectivity index (χ0v) is 16.0. The largest absolute Gasteiger partial charge is 0.448 e. The molecular weight excluding hydrogens is 389 g/mol. The number of nitrogens with one attached hydrogen (secondary N) is 1. The fourth-order valence-electron chi connectivity index (χ4n) is 2.68. The Balaban J connectivity index is 2.01. The SMILES string of the molecule is CC(OC(=O)c1nc(Cl)c(Cl)c(N)c1Cl)C(=O)NC1CCCCCC1. The van der Waals surface area contributed by atoms with Gasteiger partial charge in [-0.2, -0.15) is 0 Å². The van der Waals surface area contributed by atoms with Crippen molar-refractivity contribution in [3.05, 3.63) is 20.9 Å². The lowest BCUT2D eigenvalue weighted by Crippen LogP contribution is -2.42. The van der Waals surface area contributed by atoms with Crippen LogP contribution in [0, 0.1) is 0 Å². The highest BCUT2D eigenvalue weighted by Crippen LogP contribution is 2.34. The molecule has 1 aliphatic carbocycles. The fourth-order valence-corrected chi connectivity index (χ4v) is 3.26. The lowest BCUT2D eigenvalue weighted by atomic mass is 10.1. The summed E-state index contributed by atoms with van der Waals surface area (Å²) < 4.78 is 5.15. The van der Waals surface area contributed by atoms with Crippen molar-refractivity contribution in [3.8, 4) is 0 Å². The van der Waals surface area contributed by atoms with E-state index in [1.54, 1.807) is 0 Å². The summed E-state index contributed by atoms with van der Waals surface area (Å²) in [5.41, 5.74) is 5.34. The number of nitrogens with two attached hydrogens (primary N) is 1. The van der Waals surface area contributed by atoms with Crippen LogP contribution in [0.1, 0.15) is 55.9 Å². The van der Waals surface area contributed by atoms with Gasteiger partial charge in [0.1, 0.15) is 5.02 Å². The minimum absolute atomic E-state index is 0.0395. The first kappa shape index (κ1) is 20.1. The summed E-state index contributed by atoms with van der Waals surface area (Å²) in [5.74, 6) is -1.25. The molecule has 0 aromatic carbocycles. The molecule has 1 saturated carbocycles. The van der Waals surface area contributed by atoms with Gasteiger partial charge in [0.05, 0.1) is 10.7 Å². The molecule has 1 atom stereocenters. The highest BCUT2D eigenvalue weighted by molar-refractivity contribution is 6.46. The second-order valence-corrected chi connectivity index (χ2v) is 7.15. The highest BCUT2D eigenvalue weighted by atomic mass is 35.5. The van der Waals surface area contributed by atoms with Gasteiger partial charge in [-0.1, -0.05) is 60.5 Å². The van der Waals surface area contributed by atoms with E-state index in [1.807, 2.05) is 0 Å². The van der Waals surface area contributed by atoms with Crippen LogP contribution in [-0.4, -0.2) is 29.0 Å². The third-order valence-corrected chi connectivity index (χ3v) is 5.26. The predicted octanol–water partition coefficient (Wildman–Crippen LogP) is 4.01. The van der Waals surface area contributed by atoms with Crippen molar-refractivity contribution < 1.29 is 14.3 Å². The van der Waals surface area contributed by atoms with Crippen LogP contribution in [0.2, 0.25) is 15.2 Å². The smallest absolute Gasteiger partial charge is 0.359 e. The second kappa shape index (κ2) is 8.92. The summed E-state index contributed by atoms with van der Waals surface area (Å²) in [6.45, 7) is 1.48. The molecule has 0 radical (unpaired) electrons. The molecule has 1 heterocycles. The van der Waals surface area contributed by atoms with Crippen molar-refractivity contribution in [2.24, 2.45) is 0 Å². The van der Waals surface area contributed by atoms with Crippen molar-refractivity contribution in [3.63, 3.8) is 0 Å². The number of amides is 1. The Morgan fingerprint density at radius 1 is 1.16 bits per heavy atom. The molecule has 138 valence electrons. The summed E-state index contributed by atoms with van der Waals surface area (Å²) in [6.07, 6.45) is 5.40. The van der Waals surface area contributed by atoms with Gasteiger partial charge >= 0.3 is 5.97 Å². The minimum atomic E-state index is -0.996. The van der Waals surface area contributed by atoms with Crippen LogP contribution in [0.5, 0.6) is 0 Å². The van der Waals surface area contributed by atoms with E-state index in [4.69, 9.17) is 45.3 Å². The van der Waals surface area contributed by atoms with Crippen molar-refractivity contribution in [1.29, 1.82) is 0 Å². The van der Waals surface area contributed by atoms with Gasteiger partial charge in [0.15, 0.2) is 17.0 Å². The maximum atomic E-state index is 12.2. The van der Waals surface area contributed by atoms with Crippen molar-refractivity contribution >= 4 is 52.4 Å². The molecule has 6 nitrogen and oxygen atoms in total. The molecule has 0 spiro atoms. The Morgan fingerprint density at radius 3 is 2.36 bits per heavy atom. The van der Waals surface area contributed by atoms with Crippen LogP contribution < -0.4 is 11.1 Å². The number of esters is 1. The van der Waals surface area contributed by atoms with Gasteiger partial charge in [-0.25, -0.2) is 9.78 Å². The van der Waals surface area contributed by atoms with Crippen molar-refractivity contribution in [2.45, 2.75) is 57.6 Å². The molecule has 1 aromatic heterocycles. The first-order valence-corrected chi connectivity index (χ1v) is 9.26. The van der Waals surface area contributed by atoms with Crippen LogP contribution in [0.25, 0.3) is 0 Å². The highest BCUT2D eigenvalue weighted by Gasteiger charge is 2.26. The summed E-state index contributed by atoms with van der Waals surface area (Å²) in [5, 5.41) is 2.56. The van der Waals surface area contributed by atoms with Gasteiger partial charge in [0, 0.05) is 6.04 Å². The van der Waals surface area contributed by atoms with Crippen molar-refractivity contribution in [1.82, 2.24) is 10.3 Å². The zero-order valence-electron chi connectivity index (χ0n) is 13.8. The number of hydrogen-bond donors (Lipinski definition) is 2. The van der Waals surface area contributed by atoms with E-state index in [2.05, 4.69) is 10.3 Å². The number of carbonyl (C=O) groups excluding carboxylic acids is 2. The van der Waals surface area contributed by atoms with E-state index < -0.39 is 12.1 Å². The minimum Gasteiger partial charge on any atom is -0.448 e. The number of rotatable bonds is 4. The molecule has 1 unspecified atom stereocenters. The topological polar surface area (TPSA) is 94.3 Å². The Morgan fingerprint density at radius 2 is 1.76 bits per heavy atom. The molecule has 25 heavy (non-hydrogen) atoms. The van der Waals surface area contributed by atoms with Crippen LogP contribution in [0.15, 0.2) is 0 Å². The third kappa shape index (κ3) is 5.12. The maximum Gasteiger partial charge on any atom is 0.359 e. The number of aromatic nitrogens is 1. The van der Waals surface area contributed by atoms with Gasteiger partial charge in [-0.3, -0.25) is 4.79 Å². The Hall–Kier alpha value is -1.24. The predicted molar refractivity (Wildman–Crippen MR) is 98.2 cm³/mol. The maximum absolute atomic E-state index is 12.2.